The van der Waals surface area contributed by atoms with Gasteiger partial charge in [0.15, 0.2) is 0 Å². The standard InChI is InChI=1S/C14H16F4N2O/c1-2-5-13(19)7-20(8-13)12(21)10-6-9(14(16,17)18)3-4-11(10)15/h3-4,6H,2,5,7-8,19H2,1H3. The molecule has 1 amide bonds. The lowest BCUT2D eigenvalue weighted by molar-refractivity contribution is -0.137. The molecule has 116 valence electrons. The second-order valence-corrected chi connectivity index (χ2v) is 5.47. The number of carbonyl (C=O) groups is 1. The monoisotopic (exact) mass is 304 g/mol. The molecular weight excluding hydrogens is 288 g/mol. The molecule has 21 heavy (non-hydrogen) atoms. The van der Waals surface area contributed by atoms with E-state index in [0.717, 1.165) is 6.42 Å². The number of hydrogen-bond acceptors (Lipinski definition) is 2. The number of benzene rings is 1. The minimum Gasteiger partial charge on any atom is -0.335 e. The van der Waals surface area contributed by atoms with E-state index in [1.165, 1.54) is 4.90 Å². The van der Waals surface area contributed by atoms with Gasteiger partial charge in [0.1, 0.15) is 5.82 Å². The van der Waals surface area contributed by atoms with Crippen LogP contribution in [0.4, 0.5) is 17.6 Å². The highest BCUT2D eigenvalue weighted by molar-refractivity contribution is 5.95. The largest absolute Gasteiger partial charge is 0.416 e. The van der Waals surface area contributed by atoms with Gasteiger partial charge in [-0.05, 0) is 24.6 Å². The van der Waals surface area contributed by atoms with Crippen molar-refractivity contribution in [1.29, 1.82) is 0 Å². The molecule has 0 spiro atoms. The molecule has 7 heteroatoms. The Morgan fingerprint density at radius 1 is 1.38 bits per heavy atom. The molecule has 0 aromatic heterocycles. The van der Waals surface area contributed by atoms with Gasteiger partial charge in [-0.2, -0.15) is 13.2 Å². The molecule has 1 aliphatic heterocycles. The summed E-state index contributed by atoms with van der Waals surface area (Å²) in [5.41, 5.74) is 3.87. The SMILES string of the molecule is CCCC1(N)CN(C(=O)c2cc(C(F)(F)F)ccc2F)C1. The van der Waals surface area contributed by atoms with Gasteiger partial charge in [0, 0.05) is 13.1 Å². The third-order valence-corrected chi connectivity index (χ3v) is 3.57. The Bertz CT molecular complexity index is 550. The van der Waals surface area contributed by atoms with E-state index in [1.807, 2.05) is 6.92 Å². The van der Waals surface area contributed by atoms with Crippen molar-refractivity contribution in [2.75, 3.05) is 13.1 Å². The Hall–Kier alpha value is -1.63. The third-order valence-electron chi connectivity index (χ3n) is 3.57. The fraction of sp³-hybridized carbons (Fsp3) is 0.500. The van der Waals surface area contributed by atoms with Gasteiger partial charge in [0.05, 0.1) is 16.7 Å². The summed E-state index contributed by atoms with van der Waals surface area (Å²) < 4.78 is 51.5. The highest BCUT2D eigenvalue weighted by atomic mass is 19.4. The minimum absolute atomic E-state index is 0.232. The van der Waals surface area contributed by atoms with Gasteiger partial charge in [-0.3, -0.25) is 4.79 Å². The maximum absolute atomic E-state index is 13.6. The number of rotatable bonds is 3. The quantitative estimate of drug-likeness (QED) is 0.873. The molecule has 0 unspecified atom stereocenters. The lowest BCUT2D eigenvalue weighted by Gasteiger charge is -2.47. The normalized spacial score (nSPS) is 17.5. The van der Waals surface area contributed by atoms with Crippen molar-refractivity contribution < 1.29 is 22.4 Å². The van der Waals surface area contributed by atoms with Crippen LogP contribution in [0, 0.1) is 5.82 Å². The van der Waals surface area contributed by atoms with E-state index in [-0.39, 0.29) is 13.1 Å². The molecule has 0 radical (unpaired) electrons. The van der Waals surface area contributed by atoms with E-state index >= 15 is 0 Å². The molecule has 1 aliphatic rings. The Labute approximate surface area is 119 Å². The topological polar surface area (TPSA) is 46.3 Å². The average Bonchev–Trinajstić information content (AvgIpc) is 2.34. The molecule has 0 aliphatic carbocycles. The number of carbonyl (C=O) groups excluding carboxylic acids is 1. The van der Waals surface area contributed by atoms with Crippen LogP contribution in [0.3, 0.4) is 0 Å². The van der Waals surface area contributed by atoms with Crippen molar-refractivity contribution in [2.45, 2.75) is 31.5 Å². The fourth-order valence-corrected chi connectivity index (χ4v) is 2.55. The zero-order valence-corrected chi connectivity index (χ0v) is 11.5. The van der Waals surface area contributed by atoms with E-state index in [0.29, 0.717) is 24.6 Å². The first-order valence-electron chi connectivity index (χ1n) is 6.61. The van der Waals surface area contributed by atoms with Crippen molar-refractivity contribution in [2.24, 2.45) is 5.73 Å². The molecule has 2 N–H and O–H groups in total. The van der Waals surface area contributed by atoms with Gasteiger partial charge in [-0.15, -0.1) is 0 Å². The van der Waals surface area contributed by atoms with Crippen LogP contribution in [0.2, 0.25) is 0 Å². The molecule has 1 heterocycles. The van der Waals surface area contributed by atoms with Crippen LogP contribution in [-0.2, 0) is 6.18 Å². The van der Waals surface area contributed by atoms with E-state index in [9.17, 15) is 22.4 Å². The number of hydrogen-bond donors (Lipinski definition) is 1. The van der Waals surface area contributed by atoms with E-state index in [4.69, 9.17) is 5.73 Å². The number of halogens is 4. The number of amides is 1. The maximum Gasteiger partial charge on any atom is 0.416 e. The van der Waals surface area contributed by atoms with Crippen LogP contribution in [-0.4, -0.2) is 29.4 Å². The summed E-state index contributed by atoms with van der Waals surface area (Å²) in [6.45, 7) is 2.41. The molecular formula is C14H16F4N2O. The van der Waals surface area contributed by atoms with E-state index in [1.54, 1.807) is 0 Å². The molecule has 1 aromatic carbocycles. The van der Waals surface area contributed by atoms with E-state index in [2.05, 4.69) is 0 Å². The summed E-state index contributed by atoms with van der Waals surface area (Å²) in [7, 11) is 0. The lowest BCUT2D eigenvalue weighted by atomic mass is 9.86. The molecule has 3 nitrogen and oxygen atoms in total. The van der Waals surface area contributed by atoms with Gasteiger partial charge in [0.2, 0.25) is 0 Å². The average molecular weight is 304 g/mol. The molecule has 2 rings (SSSR count). The minimum atomic E-state index is -4.61. The van der Waals surface area contributed by atoms with Crippen LogP contribution < -0.4 is 5.73 Å². The van der Waals surface area contributed by atoms with Crippen LogP contribution in [0.15, 0.2) is 18.2 Å². The summed E-state index contributed by atoms with van der Waals surface area (Å²) in [5.74, 6) is -1.71. The van der Waals surface area contributed by atoms with Crippen molar-refractivity contribution in [3.63, 3.8) is 0 Å². The molecule has 1 saturated heterocycles. The van der Waals surface area contributed by atoms with E-state index < -0.39 is 34.6 Å². The second kappa shape index (κ2) is 5.29. The zero-order chi connectivity index (χ0) is 15.8. The first kappa shape index (κ1) is 15.8. The second-order valence-electron chi connectivity index (χ2n) is 5.47. The first-order valence-corrected chi connectivity index (χ1v) is 6.61. The number of nitrogens with two attached hydrogens (primary N) is 1. The predicted molar refractivity (Wildman–Crippen MR) is 69.1 cm³/mol. The van der Waals surface area contributed by atoms with Crippen molar-refractivity contribution in [3.05, 3.63) is 35.1 Å². The molecule has 0 atom stereocenters. The third kappa shape index (κ3) is 3.18. The smallest absolute Gasteiger partial charge is 0.335 e. The number of likely N-dealkylation sites (tertiary alicyclic amines) is 1. The van der Waals surface area contributed by atoms with Crippen LogP contribution >= 0.6 is 0 Å². The Kier molecular flexibility index (Phi) is 3.97. The maximum atomic E-state index is 13.6. The van der Waals surface area contributed by atoms with Crippen molar-refractivity contribution >= 4 is 5.91 Å². The van der Waals surface area contributed by atoms with Gasteiger partial charge in [0.25, 0.3) is 5.91 Å². The lowest BCUT2D eigenvalue weighted by Crippen LogP contribution is -2.68. The Morgan fingerprint density at radius 3 is 2.52 bits per heavy atom. The summed E-state index contributed by atoms with van der Waals surface area (Å²) in [5, 5.41) is 0. The van der Waals surface area contributed by atoms with Gasteiger partial charge in [-0.25, -0.2) is 4.39 Å². The Morgan fingerprint density at radius 2 is 2.00 bits per heavy atom. The predicted octanol–water partition coefficient (Wildman–Crippen LogP) is 2.80. The number of alkyl halides is 3. The first-order chi connectivity index (χ1) is 9.66. The van der Waals surface area contributed by atoms with Gasteiger partial charge in [-0.1, -0.05) is 13.3 Å². The summed E-state index contributed by atoms with van der Waals surface area (Å²) in [4.78, 5) is 13.4. The number of nitrogens with zero attached hydrogens (tertiary/aromatic N) is 1. The van der Waals surface area contributed by atoms with Crippen LogP contribution in [0.5, 0.6) is 0 Å². The van der Waals surface area contributed by atoms with Gasteiger partial charge < -0.3 is 10.6 Å². The highest BCUT2D eigenvalue weighted by Crippen LogP contribution is 2.32. The summed E-state index contributed by atoms with van der Waals surface area (Å²) >= 11 is 0. The van der Waals surface area contributed by atoms with Crippen molar-refractivity contribution in [1.82, 2.24) is 4.90 Å². The van der Waals surface area contributed by atoms with Crippen LogP contribution in [0.25, 0.3) is 0 Å². The summed E-state index contributed by atoms with van der Waals surface area (Å²) in [6, 6.07) is 1.83. The molecule has 1 aromatic rings. The molecule has 1 fully saturated rings. The van der Waals surface area contributed by atoms with Crippen LogP contribution in [0.1, 0.15) is 35.7 Å². The highest BCUT2D eigenvalue weighted by Gasteiger charge is 2.42. The Balaban J connectivity index is 2.18. The fourth-order valence-electron chi connectivity index (χ4n) is 2.55. The van der Waals surface area contributed by atoms with Crippen molar-refractivity contribution in [3.8, 4) is 0 Å². The molecule has 0 bridgehead atoms. The molecule has 0 saturated carbocycles. The van der Waals surface area contributed by atoms with Gasteiger partial charge >= 0.3 is 6.18 Å². The zero-order valence-electron chi connectivity index (χ0n) is 11.5. The summed E-state index contributed by atoms with van der Waals surface area (Å²) in [6.07, 6.45) is -3.06.